The van der Waals surface area contributed by atoms with Crippen LogP contribution in [0.5, 0.6) is 5.75 Å². The van der Waals surface area contributed by atoms with E-state index in [2.05, 4.69) is 41.6 Å². The summed E-state index contributed by atoms with van der Waals surface area (Å²) in [6.07, 6.45) is 3.89. The number of guanidine groups is 1. The van der Waals surface area contributed by atoms with Crippen LogP contribution in [-0.2, 0) is 0 Å². The first kappa shape index (κ1) is 26.5. The molecular formula is C22H38IN5O2. The molecule has 1 fully saturated rings. The van der Waals surface area contributed by atoms with Gasteiger partial charge in [-0.05, 0) is 64.9 Å². The van der Waals surface area contributed by atoms with Crippen molar-refractivity contribution in [2.24, 2.45) is 4.99 Å². The highest BCUT2D eigenvalue weighted by atomic mass is 127. The molecular weight excluding hydrogens is 493 g/mol. The number of hydrogen-bond donors (Lipinski definition) is 3. The van der Waals surface area contributed by atoms with Gasteiger partial charge in [0.1, 0.15) is 5.75 Å². The number of carbonyl (C=O) groups is 1. The minimum atomic E-state index is -0.112. The molecule has 170 valence electrons. The molecule has 8 heteroatoms. The van der Waals surface area contributed by atoms with Crippen LogP contribution in [0.15, 0.2) is 29.3 Å². The van der Waals surface area contributed by atoms with Gasteiger partial charge in [0.15, 0.2) is 5.96 Å². The van der Waals surface area contributed by atoms with Gasteiger partial charge in [-0.25, -0.2) is 0 Å². The van der Waals surface area contributed by atoms with E-state index in [1.807, 2.05) is 12.1 Å². The van der Waals surface area contributed by atoms with Gasteiger partial charge >= 0.3 is 0 Å². The van der Waals surface area contributed by atoms with Crippen molar-refractivity contribution in [3.63, 3.8) is 0 Å². The number of likely N-dealkylation sites (tertiary alicyclic amines) is 1. The number of amides is 1. The molecule has 1 aliphatic rings. The van der Waals surface area contributed by atoms with E-state index in [0.717, 1.165) is 32.1 Å². The fraction of sp³-hybridized carbons (Fsp3) is 0.636. The fourth-order valence-corrected chi connectivity index (χ4v) is 3.44. The Bertz CT molecular complexity index is 675. The van der Waals surface area contributed by atoms with Crippen LogP contribution in [0.2, 0.25) is 0 Å². The normalized spacial score (nSPS) is 15.1. The third kappa shape index (κ3) is 8.67. The van der Waals surface area contributed by atoms with E-state index in [0.29, 0.717) is 24.4 Å². The van der Waals surface area contributed by atoms with Gasteiger partial charge in [-0.2, -0.15) is 0 Å². The van der Waals surface area contributed by atoms with E-state index < -0.39 is 0 Å². The Morgan fingerprint density at radius 1 is 1.13 bits per heavy atom. The summed E-state index contributed by atoms with van der Waals surface area (Å²) < 4.78 is 5.17. The second-order valence-corrected chi connectivity index (χ2v) is 7.97. The summed E-state index contributed by atoms with van der Waals surface area (Å²) in [5, 5.41) is 9.51. The maximum atomic E-state index is 12.3. The second kappa shape index (κ2) is 13.7. The molecule has 30 heavy (non-hydrogen) atoms. The van der Waals surface area contributed by atoms with Gasteiger partial charge in [0.05, 0.1) is 13.7 Å². The number of piperidine rings is 1. The van der Waals surface area contributed by atoms with Gasteiger partial charge in [0, 0.05) is 30.7 Å². The van der Waals surface area contributed by atoms with Gasteiger partial charge in [0.2, 0.25) is 0 Å². The number of rotatable bonds is 9. The minimum absolute atomic E-state index is 0. The lowest BCUT2D eigenvalue weighted by molar-refractivity contribution is 0.0954. The maximum absolute atomic E-state index is 12.3. The first-order valence-corrected chi connectivity index (χ1v) is 10.7. The van der Waals surface area contributed by atoms with Crippen molar-refractivity contribution in [3.05, 3.63) is 29.8 Å². The Hall–Kier alpha value is -1.55. The number of nitrogens with one attached hydrogen (secondary N) is 3. The molecule has 1 aromatic rings. The highest BCUT2D eigenvalue weighted by molar-refractivity contribution is 14.0. The molecule has 0 atom stereocenters. The van der Waals surface area contributed by atoms with Crippen LogP contribution in [0, 0.1) is 0 Å². The van der Waals surface area contributed by atoms with Crippen LogP contribution >= 0.6 is 24.0 Å². The number of halogens is 1. The summed E-state index contributed by atoms with van der Waals surface area (Å²) in [6.45, 7) is 11.5. The Morgan fingerprint density at radius 2 is 1.83 bits per heavy atom. The molecule has 0 radical (unpaired) electrons. The SMILES string of the molecule is CCNC(=NCC(C)(C)N1CCCCC1)NCCNC(=O)c1cccc(OC)c1.I. The first-order chi connectivity index (χ1) is 14.0. The van der Waals surface area contributed by atoms with E-state index in [4.69, 9.17) is 9.73 Å². The molecule has 0 spiro atoms. The number of methoxy groups -OCH3 is 1. The van der Waals surface area contributed by atoms with E-state index in [-0.39, 0.29) is 35.4 Å². The monoisotopic (exact) mass is 531 g/mol. The van der Waals surface area contributed by atoms with Crippen LogP contribution < -0.4 is 20.7 Å². The third-order valence-corrected chi connectivity index (χ3v) is 5.22. The molecule has 1 amide bonds. The number of aliphatic imine (C=N–C) groups is 1. The molecule has 7 nitrogen and oxygen atoms in total. The largest absolute Gasteiger partial charge is 0.497 e. The van der Waals surface area contributed by atoms with Crippen LogP contribution in [0.3, 0.4) is 0 Å². The Balaban J connectivity index is 0.00000450. The highest BCUT2D eigenvalue weighted by Crippen LogP contribution is 2.20. The van der Waals surface area contributed by atoms with Crippen molar-refractivity contribution >= 4 is 35.8 Å². The van der Waals surface area contributed by atoms with Gasteiger partial charge in [0.25, 0.3) is 5.91 Å². The van der Waals surface area contributed by atoms with E-state index in [1.54, 1.807) is 19.2 Å². The zero-order valence-corrected chi connectivity index (χ0v) is 21.1. The zero-order valence-electron chi connectivity index (χ0n) is 18.8. The molecule has 1 heterocycles. The predicted molar refractivity (Wildman–Crippen MR) is 134 cm³/mol. The summed E-state index contributed by atoms with van der Waals surface area (Å²) in [6, 6.07) is 7.14. The average Bonchev–Trinajstić information content (AvgIpc) is 2.75. The lowest BCUT2D eigenvalue weighted by atomic mass is 9.99. The smallest absolute Gasteiger partial charge is 0.251 e. The Labute approximate surface area is 198 Å². The van der Waals surface area contributed by atoms with E-state index >= 15 is 0 Å². The number of nitrogens with zero attached hydrogens (tertiary/aromatic N) is 2. The molecule has 0 aliphatic carbocycles. The number of carbonyl (C=O) groups excluding carboxylic acids is 1. The molecule has 0 aromatic heterocycles. The lowest BCUT2D eigenvalue weighted by Gasteiger charge is -2.40. The van der Waals surface area contributed by atoms with Crippen LogP contribution in [-0.4, -0.2) is 68.7 Å². The molecule has 0 saturated carbocycles. The highest BCUT2D eigenvalue weighted by Gasteiger charge is 2.27. The molecule has 1 saturated heterocycles. The topological polar surface area (TPSA) is 78.0 Å². The molecule has 0 bridgehead atoms. The van der Waals surface area contributed by atoms with Gasteiger partial charge < -0.3 is 20.7 Å². The second-order valence-electron chi connectivity index (χ2n) is 7.97. The minimum Gasteiger partial charge on any atom is -0.497 e. The van der Waals surface area contributed by atoms with Crippen LogP contribution in [0.1, 0.15) is 50.4 Å². The molecule has 1 aliphatic heterocycles. The third-order valence-electron chi connectivity index (χ3n) is 5.22. The summed E-state index contributed by atoms with van der Waals surface area (Å²) in [4.78, 5) is 19.6. The van der Waals surface area contributed by atoms with Crippen molar-refractivity contribution < 1.29 is 9.53 Å². The van der Waals surface area contributed by atoms with Crippen molar-refractivity contribution in [2.75, 3.05) is 46.4 Å². The summed E-state index contributed by atoms with van der Waals surface area (Å²) >= 11 is 0. The maximum Gasteiger partial charge on any atom is 0.251 e. The summed E-state index contributed by atoms with van der Waals surface area (Å²) in [5.74, 6) is 1.35. The molecule has 2 rings (SSSR count). The predicted octanol–water partition coefficient (Wildman–Crippen LogP) is 2.86. The standard InChI is InChI=1S/C22H37N5O2.HI/c1-5-23-21(26-17-22(2,3)27-14-7-6-8-15-27)25-13-12-24-20(28)18-10-9-11-19(16-18)29-4;/h9-11,16H,5-8,12-15,17H2,1-4H3,(H,24,28)(H2,23,25,26);1H. The number of benzene rings is 1. The summed E-state index contributed by atoms with van der Waals surface area (Å²) in [7, 11) is 1.59. The quantitative estimate of drug-likeness (QED) is 0.198. The van der Waals surface area contributed by atoms with Crippen LogP contribution in [0.4, 0.5) is 0 Å². The average molecular weight is 531 g/mol. The van der Waals surface area contributed by atoms with Crippen molar-refractivity contribution in [3.8, 4) is 5.75 Å². The Morgan fingerprint density at radius 3 is 2.50 bits per heavy atom. The molecule has 0 unspecified atom stereocenters. The summed E-state index contributed by atoms with van der Waals surface area (Å²) in [5.41, 5.74) is 0.636. The van der Waals surface area contributed by atoms with E-state index in [9.17, 15) is 4.79 Å². The zero-order chi connectivity index (χ0) is 21.1. The fourth-order valence-electron chi connectivity index (χ4n) is 3.44. The van der Waals surface area contributed by atoms with Crippen molar-refractivity contribution in [2.45, 2.75) is 45.6 Å². The molecule has 1 aromatic carbocycles. The molecule has 3 N–H and O–H groups in total. The number of ether oxygens (including phenoxy) is 1. The lowest BCUT2D eigenvalue weighted by Crippen LogP contribution is -2.50. The Kier molecular flexibility index (Phi) is 12.1. The van der Waals surface area contributed by atoms with Gasteiger partial charge in [-0.15, -0.1) is 24.0 Å². The van der Waals surface area contributed by atoms with Gasteiger partial charge in [-0.1, -0.05) is 12.5 Å². The van der Waals surface area contributed by atoms with Crippen molar-refractivity contribution in [1.82, 2.24) is 20.9 Å². The van der Waals surface area contributed by atoms with E-state index in [1.165, 1.54) is 19.3 Å². The van der Waals surface area contributed by atoms with Gasteiger partial charge in [-0.3, -0.25) is 14.7 Å². The number of hydrogen-bond acceptors (Lipinski definition) is 4. The van der Waals surface area contributed by atoms with Crippen LogP contribution in [0.25, 0.3) is 0 Å². The first-order valence-electron chi connectivity index (χ1n) is 10.7. The van der Waals surface area contributed by atoms with Crippen molar-refractivity contribution in [1.29, 1.82) is 0 Å².